The first-order valence-electron chi connectivity index (χ1n) is 5.95. The Balaban J connectivity index is 2.72. The Morgan fingerprint density at radius 3 is 2.18 bits per heavy atom. The van der Waals surface area contributed by atoms with Gasteiger partial charge in [0.15, 0.2) is 0 Å². The van der Waals surface area contributed by atoms with Gasteiger partial charge in [-0.25, -0.2) is 0 Å². The van der Waals surface area contributed by atoms with Crippen molar-refractivity contribution < 1.29 is 0 Å². The van der Waals surface area contributed by atoms with E-state index >= 15 is 0 Å². The van der Waals surface area contributed by atoms with Crippen LogP contribution < -0.4 is 0 Å². The zero-order valence-electron chi connectivity index (χ0n) is 10.5. The van der Waals surface area contributed by atoms with Crippen molar-refractivity contribution in [3.8, 4) is 11.1 Å². The fraction of sp³-hybridized carbons (Fsp3) is 0.250. The van der Waals surface area contributed by atoms with Crippen LogP contribution in [0.5, 0.6) is 0 Å². The first-order chi connectivity index (χ1) is 8.11. The smallest absolute Gasteiger partial charge is 0.0211 e. The van der Waals surface area contributed by atoms with Crippen molar-refractivity contribution in [2.75, 3.05) is 0 Å². The monoisotopic (exact) mass is 336 g/mol. The number of hydrogen-bond acceptors (Lipinski definition) is 0. The molecule has 88 valence electrons. The molecule has 0 aliphatic rings. The summed E-state index contributed by atoms with van der Waals surface area (Å²) >= 11 is 2.44. The van der Waals surface area contributed by atoms with Gasteiger partial charge in [-0.05, 0) is 63.8 Å². The van der Waals surface area contributed by atoms with Crippen LogP contribution in [-0.2, 0) is 0 Å². The molecule has 17 heavy (non-hydrogen) atoms. The summed E-state index contributed by atoms with van der Waals surface area (Å²) in [6.07, 6.45) is 0. The lowest BCUT2D eigenvalue weighted by Gasteiger charge is -2.18. The van der Waals surface area contributed by atoms with E-state index in [1.807, 2.05) is 0 Å². The molecular formula is C16H17I. The zero-order valence-corrected chi connectivity index (χ0v) is 12.7. The normalized spacial score (nSPS) is 10.9. The van der Waals surface area contributed by atoms with Crippen molar-refractivity contribution in [2.45, 2.75) is 26.7 Å². The average Bonchev–Trinajstić information content (AvgIpc) is 2.32. The van der Waals surface area contributed by atoms with E-state index < -0.39 is 0 Å². The first-order valence-corrected chi connectivity index (χ1v) is 7.03. The van der Waals surface area contributed by atoms with E-state index in [0.717, 1.165) is 0 Å². The van der Waals surface area contributed by atoms with E-state index in [-0.39, 0.29) is 0 Å². The van der Waals surface area contributed by atoms with Crippen molar-refractivity contribution >= 4 is 22.6 Å². The fourth-order valence-corrected chi connectivity index (χ4v) is 3.12. The predicted octanol–water partition coefficient (Wildman–Crippen LogP) is 5.39. The van der Waals surface area contributed by atoms with Gasteiger partial charge in [0.25, 0.3) is 0 Å². The minimum atomic E-state index is 0.555. The summed E-state index contributed by atoms with van der Waals surface area (Å²) in [6.45, 7) is 6.74. The summed E-state index contributed by atoms with van der Waals surface area (Å²) in [5.74, 6) is 0.555. The largest absolute Gasteiger partial charge is 0.0622 e. The van der Waals surface area contributed by atoms with Gasteiger partial charge in [-0.15, -0.1) is 0 Å². The second kappa shape index (κ2) is 5.21. The molecule has 2 aromatic rings. The average molecular weight is 336 g/mol. The molecular weight excluding hydrogens is 319 g/mol. The van der Waals surface area contributed by atoms with Gasteiger partial charge in [0.05, 0.1) is 0 Å². The Bertz CT molecular complexity index is 513. The number of halogens is 1. The van der Waals surface area contributed by atoms with E-state index in [9.17, 15) is 0 Å². The maximum absolute atomic E-state index is 2.44. The van der Waals surface area contributed by atoms with Crippen molar-refractivity contribution in [1.82, 2.24) is 0 Å². The van der Waals surface area contributed by atoms with Gasteiger partial charge in [-0.3, -0.25) is 0 Å². The third kappa shape index (κ3) is 2.54. The highest BCUT2D eigenvalue weighted by molar-refractivity contribution is 14.1. The second-order valence-corrected chi connectivity index (χ2v) is 5.84. The Morgan fingerprint density at radius 1 is 0.941 bits per heavy atom. The van der Waals surface area contributed by atoms with Crippen LogP contribution in [0.3, 0.4) is 0 Å². The van der Waals surface area contributed by atoms with Gasteiger partial charge >= 0.3 is 0 Å². The number of rotatable bonds is 2. The number of hydrogen-bond donors (Lipinski definition) is 0. The van der Waals surface area contributed by atoms with Crippen LogP contribution in [-0.4, -0.2) is 0 Å². The molecule has 0 amide bonds. The lowest BCUT2D eigenvalue weighted by molar-refractivity contribution is 0.858. The molecule has 0 spiro atoms. The molecule has 2 aromatic carbocycles. The molecule has 0 aliphatic heterocycles. The summed E-state index contributed by atoms with van der Waals surface area (Å²) in [6, 6.07) is 15.1. The Morgan fingerprint density at radius 2 is 1.59 bits per heavy atom. The minimum Gasteiger partial charge on any atom is -0.0622 e. The standard InChI is InChI=1S/C16H17I/c1-11(2)15-12(3)9-10-14(17)16(15)13-7-5-4-6-8-13/h4-11H,1-3H3. The predicted molar refractivity (Wildman–Crippen MR) is 83.4 cm³/mol. The van der Waals surface area contributed by atoms with E-state index in [1.165, 1.54) is 25.8 Å². The Labute approximate surface area is 117 Å². The Kier molecular flexibility index (Phi) is 3.87. The maximum atomic E-state index is 2.44. The van der Waals surface area contributed by atoms with Gasteiger partial charge in [-0.1, -0.05) is 50.2 Å². The molecule has 1 heteroatoms. The van der Waals surface area contributed by atoms with E-state index in [1.54, 1.807) is 0 Å². The molecule has 0 N–H and O–H groups in total. The first kappa shape index (κ1) is 12.6. The van der Waals surface area contributed by atoms with Crippen LogP contribution in [0.4, 0.5) is 0 Å². The van der Waals surface area contributed by atoms with Gasteiger partial charge in [0.2, 0.25) is 0 Å². The van der Waals surface area contributed by atoms with Gasteiger partial charge < -0.3 is 0 Å². The number of benzene rings is 2. The molecule has 0 atom stereocenters. The van der Waals surface area contributed by atoms with Crippen LogP contribution >= 0.6 is 22.6 Å². The van der Waals surface area contributed by atoms with E-state index in [0.29, 0.717) is 5.92 Å². The van der Waals surface area contributed by atoms with Crippen LogP contribution in [0.15, 0.2) is 42.5 Å². The highest BCUT2D eigenvalue weighted by Crippen LogP contribution is 2.35. The van der Waals surface area contributed by atoms with Gasteiger partial charge in [-0.2, -0.15) is 0 Å². The highest BCUT2D eigenvalue weighted by Gasteiger charge is 2.14. The third-order valence-electron chi connectivity index (χ3n) is 3.05. The molecule has 0 aromatic heterocycles. The molecule has 0 fully saturated rings. The van der Waals surface area contributed by atoms with Crippen molar-refractivity contribution in [3.05, 3.63) is 57.2 Å². The third-order valence-corrected chi connectivity index (χ3v) is 3.95. The van der Waals surface area contributed by atoms with Gasteiger partial charge in [0, 0.05) is 3.57 Å². The van der Waals surface area contributed by atoms with Crippen molar-refractivity contribution in [1.29, 1.82) is 0 Å². The molecule has 0 radical (unpaired) electrons. The minimum absolute atomic E-state index is 0.555. The Hall–Kier alpha value is -0.830. The SMILES string of the molecule is Cc1ccc(I)c(-c2ccccc2)c1C(C)C. The summed E-state index contributed by atoms with van der Waals surface area (Å²) < 4.78 is 1.34. The lowest BCUT2D eigenvalue weighted by atomic mass is 9.89. The summed E-state index contributed by atoms with van der Waals surface area (Å²) in [5.41, 5.74) is 5.59. The topological polar surface area (TPSA) is 0 Å². The van der Waals surface area contributed by atoms with Gasteiger partial charge in [0.1, 0.15) is 0 Å². The quantitative estimate of drug-likeness (QED) is 0.645. The maximum Gasteiger partial charge on any atom is 0.0211 e. The molecule has 2 rings (SSSR count). The van der Waals surface area contributed by atoms with Crippen molar-refractivity contribution in [3.63, 3.8) is 0 Å². The lowest BCUT2D eigenvalue weighted by Crippen LogP contribution is -1.98. The van der Waals surface area contributed by atoms with Crippen molar-refractivity contribution in [2.24, 2.45) is 0 Å². The summed E-state index contributed by atoms with van der Waals surface area (Å²) in [4.78, 5) is 0. The molecule has 0 aliphatic carbocycles. The molecule has 0 nitrogen and oxygen atoms in total. The molecule has 0 unspecified atom stereocenters. The molecule has 0 heterocycles. The van der Waals surface area contributed by atoms with Crippen LogP contribution in [0.2, 0.25) is 0 Å². The van der Waals surface area contributed by atoms with Crippen LogP contribution in [0, 0.1) is 10.5 Å². The number of aryl methyl sites for hydroxylation is 1. The molecule has 0 bridgehead atoms. The van der Waals surface area contributed by atoms with E-state index in [4.69, 9.17) is 0 Å². The molecule has 0 saturated heterocycles. The summed E-state index contributed by atoms with van der Waals surface area (Å²) in [7, 11) is 0. The van der Waals surface area contributed by atoms with E-state index in [2.05, 4.69) is 85.8 Å². The highest BCUT2D eigenvalue weighted by atomic mass is 127. The molecule has 0 saturated carbocycles. The fourth-order valence-electron chi connectivity index (χ4n) is 2.34. The zero-order chi connectivity index (χ0) is 12.4. The second-order valence-electron chi connectivity index (χ2n) is 4.67. The van der Waals surface area contributed by atoms with Crippen LogP contribution in [0.1, 0.15) is 30.9 Å². The van der Waals surface area contributed by atoms with Crippen LogP contribution in [0.25, 0.3) is 11.1 Å². The summed E-state index contributed by atoms with van der Waals surface area (Å²) in [5, 5.41) is 0.